The maximum absolute atomic E-state index is 6.05. The van der Waals surface area contributed by atoms with Crippen LogP contribution in [0.3, 0.4) is 0 Å². The summed E-state index contributed by atoms with van der Waals surface area (Å²) >= 11 is 12.0. The lowest BCUT2D eigenvalue weighted by Gasteiger charge is -2.04. The normalized spacial score (nSPS) is 11.9. The zero-order valence-corrected chi connectivity index (χ0v) is 12.7. The third-order valence-electron chi connectivity index (χ3n) is 3.20. The lowest BCUT2D eigenvalue weighted by atomic mass is 10.1. The summed E-state index contributed by atoms with van der Waals surface area (Å²) in [5.41, 5.74) is 4.60. The van der Waals surface area contributed by atoms with Crippen LogP contribution in [0.4, 0.5) is 0 Å². The number of amidine groups is 1. The topological polar surface area (TPSA) is 102 Å². The molecule has 0 aliphatic heterocycles. The Bertz CT molecular complexity index is 875. The van der Waals surface area contributed by atoms with Gasteiger partial charge in [-0.15, -0.1) is 0 Å². The minimum atomic E-state index is 0.350. The fourth-order valence-corrected chi connectivity index (χ4v) is 2.43. The van der Waals surface area contributed by atoms with Crippen molar-refractivity contribution in [3.63, 3.8) is 0 Å². The summed E-state index contributed by atoms with van der Waals surface area (Å²) < 4.78 is 5.42. The molecule has 0 aliphatic rings. The Morgan fingerprint density at radius 1 is 1.14 bits per heavy atom. The molecule has 1 aromatic heterocycles. The van der Waals surface area contributed by atoms with Gasteiger partial charge in [0.1, 0.15) is 5.52 Å². The Kier molecular flexibility index (Phi) is 3.89. The second-order valence-corrected chi connectivity index (χ2v) is 5.31. The maximum atomic E-state index is 6.05. The standard InChI is InChI=1S/C14H11Cl2N5O/c15-10-3-1-7(6-11(10)16)13-9-5-8(14(19-17)20-18)2-4-12(9)21-22-13/h1-6H,17-18H2,(H,19,20). The molecule has 1 heterocycles. The van der Waals surface area contributed by atoms with Gasteiger partial charge in [0.05, 0.1) is 15.4 Å². The van der Waals surface area contributed by atoms with Crippen LogP contribution in [0, 0.1) is 0 Å². The Labute approximate surface area is 135 Å². The molecule has 0 aliphatic carbocycles. The first kappa shape index (κ1) is 14.6. The van der Waals surface area contributed by atoms with Gasteiger partial charge < -0.3 is 15.8 Å². The number of aromatic nitrogens is 1. The second kappa shape index (κ2) is 5.84. The number of hydrogen-bond donors (Lipinski definition) is 3. The van der Waals surface area contributed by atoms with Gasteiger partial charge in [0.15, 0.2) is 11.6 Å². The average Bonchev–Trinajstić information content (AvgIpc) is 2.94. The van der Waals surface area contributed by atoms with Gasteiger partial charge in [-0.2, -0.15) is 5.10 Å². The van der Waals surface area contributed by atoms with Crippen molar-refractivity contribution in [1.82, 2.24) is 10.6 Å². The van der Waals surface area contributed by atoms with Gasteiger partial charge in [0, 0.05) is 11.1 Å². The van der Waals surface area contributed by atoms with Crippen LogP contribution in [-0.4, -0.2) is 11.0 Å². The number of nitrogens with one attached hydrogen (secondary N) is 1. The first-order valence-electron chi connectivity index (χ1n) is 6.23. The SMILES string of the molecule is N/N=C(\NN)c1ccc2noc(-c3ccc(Cl)c(Cl)c3)c2c1. The number of hydrazine groups is 1. The van der Waals surface area contributed by atoms with Crippen molar-refractivity contribution in [1.29, 1.82) is 0 Å². The number of hydrazone groups is 1. The quantitative estimate of drug-likeness (QED) is 0.289. The Hall–Kier alpha value is -2.28. The van der Waals surface area contributed by atoms with E-state index in [0.29, 0.717) is 32.7 Å². The molecule has 0 saturated heterocycles. The van der Waals surface area contributed by atoms with E-state index in [1.54, 1.807) is 30.3 Å². The Morgan fingerprint density at radius 2 is 1.95 bits per heavy atom. The molecule has 112 valence electrons. The molecular weight excluding hydrogens is 325 g/mol. The van der Waals surface area contributed by atoms with E-state index in [9.17, 15) is 0 Å². The van der Waals surface area contributed by atoms with Gasteiger partial charge in [-0.25, -0.2) is 5.84 Å². The fraction of sp³-hybridized carbons (Fsp3) is 0. The Balaban J connectivity index is 2.18. The number of halogens is 2. The molecule has 3 rings (SSSR count). The number of nitrogens with zero attached hydrogens (tertiary/aromatic N) is 2. The van der Waals surface area contributed by atoms with E-state index >= 15 is 0 Å². The first-order valence-corrected chi connectivity index (χ1v) is 6.99. The predicted molar refractivity (Wildman–Crippen MR) is 87.5 cm³/mol. The molecule has 0 atom stereocenters. The van der Waals surface area contributed by atoms with Gasteiger partial charge in [0.25, 0.3) is 0 Å². The third-order valence-corrected chi connectivity index (χ3v) is 3.94. The van der Waals surface area contributed by atoms with E-state index < -0.39 is 0 Å². The summed E-state index contributed by atoms with van der Waals surface area (Å²) in [6.45, 7) is 0. The smallest absolute Gasteiger partial charge is 0.174 e. The molecule has 0 bridgehead atoms. The molecule has 8 heteroatoms. The Morgan fingerprint density at radius 3 is 2.64 bits per heavy atom. The molecule has 2 aromatic carbocycles. The number of hydrogen-bond acceptors (Lipinski definition) is 5. The molecule has 5 N–H and O–H groups in total. The number of rotatable bonds is 2. The molecule has 3 aromatic rings. The van der Waals surface area contributed by atoms with E-state index in [0.717, 1.165) is 10.9 Å². The predicted octanol–water partition coefficient (Wildman–Crippen LogP) is 2.89. The highest BCUT2D eigenvalue weighted by Gasteiger charge is 2.14. The van der Waals surface area contributed by atoms with Crippen LogP contribution in [0.25, 0.3) is 22.2 Å². The first-order chi connectivity index (χ1) is 10.6. The third kappa shape index (κ3) is 2.48. The molecular formula is C14H11Cl2N5O. The summed E-state index contributed by atoms with van der Waals surface area (Å²) in [4.78, 5) is 0. The minimum absolute atomic E-state index is 0.350. The number of fused-ring (bicyclic) bond motifs is 1. The van der Waals surface area contributed by atoms with Gasteiger partial charge in [-0.05, 0) is 36.4 Å². The van der Waals surface area contributed by atoms with Crippen molar-refractivity contribution in [2.45, 2.75) is 0 Å². The van der Waals surface area contributed by atoms with Gasteiger partial charge in [-0.1, -0.05) is 28.4 Å². The van der Waals surface area contributed by atoms with E-state index in [2.05, 4.69) is 15.7 Å². The van der Waals surface area contributed by atoms with Crippen molar-refractivity contribution in [3.05, 3.63) is 52.0 Å². The van der Waals surface area contributed by atoms with Crippen molar-refractivity contribution >= 4 is 39.9 Å². The lowest BCUT2D eigenvalue weighted by Crippen LogP contribution is -2.31. The highest BCUT2D eigenvalue weighted by molar-refractivity contribution is 6.42. The molecule has 6 nitrogen and oxygen atoms in total. The van der Waals surface area contributed by atoms with Crippen LogP contribution in [0.5, 0.6) is 0 Å². The van der Waals surface area contributed by atoms with E-state index in [4.69, 9.17) is 39.4 Å². The van der Waals surface area contributed by atoms with Crippen molar-refractivity contribution in [3.8, 4) is 11.3 Å². The van der Waals surface area contributed by atoms with Gasteiger partial charge >= 0.3 is 0 Å². The lowest BCUT2D eigenvalue weighted by molar-refractivity contribution is 0.441. The van der Waals surface area contributed by atoms with Crippen molar-refractivity contribution in [2.75, 3.05) is 0 Å². The molecule has 0 spiro atoms. The van der Waals surface area contributed by atoms with E-state index in [1.807, 2.05) is 6.07 Å². The number of nitrogens with two attached hydrogens (primary N) is 2. The van der Waals surface area contributed by atoms with E-state index in [1.165, 1.54) is 0 Å². The summed E-state index contributed by atoms with van der Waals surface area (Å²) in [6.07, 6.45) is 0. The molecule has 0 amide bonds. The molecule has 0 fully saturated rings. The van der Waals surface area contributed by atoms with Crippen LogP contribution in [0.2, 0.25) is 10.0 Å². The number of benzene rings is 2. The zero-order chi connectivity index (χ0) is 15.7. The molecule has 0 saturated carbocycles. The highest BCUT2D eigenvalue weighted by atomic mass is 35.5. The van der Waals surface area contributed by atoms with Crippen LogP contribution < -0.4 is 17.1 Å². The van der Waals surface area contributed by atoms with Gasteiger partial charge in [-0.3, -0.25) is 0 Å². The monoisotopic (exact) mass is 335 g/mol. The fourth-order valence-electron chi connectivity index (χ4n) is 2.13. The van der Waals surface area contributed by atoms with Crippen molar-refractivity contribution < 1.29 is 4.52 Å². The second-order valence-electron chi connectivity index (χ2n) is 4.49. The van der Waals surface area contributed by atoms with Crippen LogP contribution >= 0.6 is 23.2 Å². The summed E-state index contributed by atoms with van der Waals surface area (Å²) in [7, 11) is 0. The summed E-state index contributed by atoms with van der Waals surface area (Å²) in [6, 6.07) is 10.6. The zero-order valence-electron chi connectivity index (χ0n) is 11.2. The van der Waals surface area contributed by atoms with Crippen LogP contribution in [0.15, 0.2) is 46.0 Å². The maximum Gasteiger partial charge on any atom is 0.174 e. The van der Waals surface area contributed by atoms with Crippen LogP contribution in [0.1, 0.15) is 5.56 Å². The van der Waals surface area contributed by atoms with Crippen molar-refractivity contribution in [2.24, 2.45) is 16.8 Å². The van der Waals surface area contributed by atoms with E-state index in [-0.39, 0.29) is 0 Å². The largest absolute Gasteiger partial charge is 0.355 e. The highest BCUT2D eigenvalue weighted by Crippen LogP contribution is 2.33. The minimum Gasteiger partial charge on any atom is -0.355 e. The van der Waals surface area contributed by atoms with Gasteiger partial charge in [0.2, 0.25) is 0 Å². The van der Waals surface area contributed by atoms with Crippen LogP contribution in [-0.2, 0) is 0 Å². The summed E-state index contributed by atoms with van der Waals surface area (Å²) in [5, 5.41) is 9.31. The average molecular weight is 336 g/mol. The molecule has 22 heavy (non-hydrogen) atoms. The molecule has 0 radical (unpaired) electrons. The molecule has 0 unspecified atom stereocenters. The summed E-state index contributed by atoms with van der Waals surface area (Å²) in [5.74, 6) is 11.6.